The standard InChI is InChI=1S/C13H18N2O3S/c1-2-17-13(16)10-6-12(15-7-11(10)14)19-8-9-4-3-5-18-9/h6-7,9H,2-5,8,14H2,1H3. The normalized spacial score (nSPS) is 18.5. The summed E-state index contributed by atoms with van der Waals surface area (Å²) < 4.78 is 10.5. The fourth-order valence-electron chi connectivity index (χ4n) is 1.87. The molecule has 1 aromatic rings. The van der Waals surface area contributed by atoms with Gasteiger partial charge in [-0.3, -0.25) is 0 Å². The molecule has 1 unspecified atom stereocenters. The van der Waals surface area contributed by atoms with Crippen molar-refractivity contribution in [1.29, 1.82) is 0 Å². The Morgan fingerprint density at radius 3 is 3.21 bits per heavy atom. The molecule has 0 amide bonds. The van der Waals surface area contributed by atoms with Crippen molar-refractivity contribution in [1.82, 2.24) is 4.98 Å². The molecular formula is C13H18N2O3S. The highest BCUT2D eigenvalue weighted by molar-refractivity contribution is 7.99. The maximum absolute atomic E-state index is 11.7. The second-order valence-electron chi connectivity index (χ2n) is 4.28. The van der Waals surface area contributed by atoms with Crippen molar-refractivity contribution < 1.29 is 14.3 Å². The molecule has 0 aliphatic carbocycles. The number of ether oxygens (including phenoxy) is 2. The van der Waals surface area contributed by atoms with Gasteiger partial charge in [0.2, 0.25) is 0 Å². The largest absolute Gasteiger partial charge is 0.462 e. The molecule has 2 rings (SSSR count). The summed E-state index contributed by atoms with van der Waals surface area (Å²) in [6, 6.07) is 1.69. The maximum Gasteiger partial charge on any atom is 0.340 e. The van der Waals surface area contributed by atoms with E-state index in [1.807, 2.05) is 0 Å². The molecule has 104 valence electrons. The Bertz CT molecular complexity index is 448. The number of aromatic nitrogens is 1. The molecule has 2 N–H and O–H groups in total. The number of pyridine rings is 1. The highest BCUT2D eigenvalue weighted by Crippen LogP contribution is 2.24. The van der Waals surface area contributed by atoms with E-state index in [0.717, 1.165) is 30.2 Å². The number of carbonyl (C=O) groups excluding carboxylic acids is 1. The van der Waals surface area contributed by atoms with Crippen LogP contribution < -0.4 is 5.73 Å². The maximum atomic E-state index is 11.7. The molecule has 19 heavy (non-hydrogen) atoms. The Morgan fingerprint density at radius 1 is 1.68 bits per heavy atom. The molecule has 0 saturated carbocycles. The molecule has 0 spiro atoms. The number of anilines is 1. The molecule has 2 heterocycles. The number of nitrogens with two attached hydrogens (primary N) is 1. The molecule has 1 aromatic heterocycles. The second kappa shape index (κ2) is 6.77. The lowest BCUT2D eigenvalue weighted by Crippen LogP contribution is -2.10. The Balaban J connectivity index is 2.00. The predicted molar refractivity (Wildman–Crippen MR) is 74.3 cm³/mol. The van der Waals surface area contributed by atoms with E-state index in [4.69, 9.17) is 15.2 Å². The predicted octanol–water partition coefficient (Wildman–Crippen LogP) is 2.11. The molecule has 5 nitrogen and oxygen atoms in total. The summed E-state index contributed by atoms with van der Waals surface area (Å²) in [5.74, 6) is 0.445. The lowest BCUT2D eigenvalue weighted by molar-refractivity contribution is 0.0527. The number of hydrogen-bond acceptors (Lipinski definition) is 6. The molecule has 1 aliphatic heterocycles. The van der Waals surface area contributed by atoms with Crippen molar-refractivity contribution in [3.63, 3.8) is 0 Å². The van der Waals surface area contributed by atoms with E-state index < -0.39 is 5.97 Å². The van der Waals surface area contributed by atoms with Gasteiger partial charge in [-0.1, -0.05) is 0 Å². The lowest BCUT2D eigenvalue weighted by Gasteiger charge is -2.10. The molecule has 6 heteroatoms. The first-order chi connectivity index (χ1) is 9.20. The number of carbonyl (C=O) groups is 1. The molecule has 1 fully saturated rings. The van der Waals surface area contributed by atoms with Gasteiger partial charge in [0.25, 0.3) is 0 Å². The topological polar surface area (TPSA) is 74.4 Å². The minimum Gasteiger partial charge on any atom is -0.462 e. The van der Waals surface area contributed by atoms with Crippen LogP contribution in [0.2, 0.25) is 0 Å². The Kier molecular flexibility index (Phi) is 5.04. The summed E-state index contributed by atoms with van der Waals surface area (Å²) in [7, 11) is 0. The van der Waals surface area contributed by atoms with E-state index in [2.05, 4.69) is 4.98 Å². The van der Waals surface area contributed by atoms with Gasteiger partial charge in [0.15, 0.2) is 0 Å². The summed E-state index contributed by atoms with van der Waals surface area (Å²) in [5.41, 5.74) is 6.47. The second-order valence-corrected chi connectivity index (χ2v) is 5.32. The van der Waals surface area contributed by atoms with Crippen LogP contribution in [0.3, 0.4) is 0 Å². The van der Waals surface area contributed by atoms with E-state index in [-0.39, 0.29) is 6.10 Å². The van der Waals surface area contributed by atoms with Crippen LogP contribution >= 0.6 is 11.8 Å². The van der Waals surface area contributed by atoms with E-state index in [1.54, 1.807) is 24.8 Å². The third-order valence-corrected chi connectivity index (χ3v) is 3.90. The Hall–Kier alpha value is -1.27. The molecule has 1 saturated heterocycles. The van der Waals surface area contributed by atoms with Crippen molar-refractivity contribution in [3.8, 4) is 0 Å². The molecule has 0 aromatic carbocycles. The van der Waals surface area contributed by atoms with Crippen molar-refractivity contribution in [2.24, 2.45) is 0 Å². The zero-order chi connectivity index (χ0) is 13.7. The van der Waals surface area contributed by atoms with E-state index in [1.165, 1.54) is 6.20 Å². The van der Waals surface area contributed by atoms with Gasteiger partial charge < -0.3 is 15.2 Å². The summed E-state index contributed by atoms with van der Waals surface area (Å²) in [6.45, 7) is 2.94. The Morgan fingerprint density at radius 2 is 2.53 bits per heavy atom. The average Bonchev–Trinajstić information content (AvgIpc) is 2.91. The van der Waals surface area contributed by atoms with Crippen molar-refractivity contribution in [2.45, 2.75) is 30.9 Å². The number of esters is 1. The molecule has 0 radical (unpaired) electrons. The van der Waals surface area contributed by atoms with Crippen LogP contribution in [0.15, 0.2) is 17.3 Å². The summed E-state index contributed by atoms with van der Waals surface area (Å²) in [5, 5.41) is 0.771. The van der Waals surface area contributed by atoms with Crippen LogP contribution in [-0.2, 0) is 9.47 Å². The van der Waals surface area contributed by atoms with Gasteiger partial charge in [-0.05, 0) is 25.8 Å². The van der Waals surface area contributed by atoms with Crippen LogP contribution in [0, 0.1) is 0 Å². The van der Waals surface area contributed by atoms with Gasteiger partial charge in [-0.15, -0.1) is 11.8 Å². The van der Waals surface area contributed by atoms with E-state index >= 15 is 0 Å². The Labute approximate surface area is 116 Å². The monoisotopic (exact) mass is 282 g/mol. The van der Waals surface area contributed by atoms with Crippen LogP contribution in [-0.4, -0.2) is 36.0 Å². The summed E-state index contributed by atoms with van der Waals surface area (Å²) in [6.07, 6.45) is 4.00. The van der Waals surface area contributed by atoms with Crippen LogP contribution in [0.25, 0.3) is 0 Å². The summed E-state index contributed by atoms with van der Waals surface area (Å²) in [4.78, 5) is 15.9. The SMILES string of the molecule is CCOC(=O)c1cc(SCC2CCCO2)ncc1N. The highest BCUT2D eigenvalue weighted by atomic mass is 32.2. The minimum absolute atomic E-state index is 0.287. The van der Waals surface area contributed by atoms with Gasteiger partial charge in [0.1, 0.15) is 0 Å². The van der Waals surface area contributed by atoms with E-state index in [9.17, 15) is 4.79 Å². The van der Waals surface area contributed by atoms with Gasteiger partial charge in [0, 0.05) is 12.4 Å². The first-order valence-corrected chi connectivity index (χ1v) is 7.36. The summed E-state index contributed by atoms with van der Waals surface area (Å²) >= 11 is 1.58. The average molecular weight is 282 g/mol. The molecule has 0 bridgehead atoms. The quantitative estimate of drug-likeness (QED) is 0.658. The van der Waals surface area contributed by atoms with E-state index in [0.29, 0.717) is 17.9 Å². The highest BCUT2D eigenvalue weighted by Gasteiger charge is 2.17. The molecular weight excluding hydrogens is 264 g/mol. The van der Waals surface area contributed by atoms with Gasteiger partial charge in [0.05, 0.1) is 35.2 Å². The zero-order valence-electron chi connectivity index (χ0n) is 10.9. The number of thioether (sulfide) groups is 1. The number of nitrogen functional groups attached to an aromatic ring is 1. The lowest BCUT2D eigenvalue weighted by atomic mass is 10.2. The zero-order valence-corrected chi connectivity index (χ0v) is 11.7. The number of rotatable bonds is 5. The number of nitrogens with zero attached hydrogens (tertiary/aromatic N) is 1. The van der Waals surface area contributed by atoms with Gasteiger partial charge in [-0.25, -0.2) is 9.78 Å². The van der Waals surface area contributed by atoms with Crippen molar-refractivity contribution >= 4 is 23.4 Å². The minimum atomic E-state index is -0.402. The van der Waals surface area contributed by atoms with Crippen LogP contribution in [0.1, 0.15) is 30.1 Å². The first-order valence-electron chi connectivity index (χ1n) is 6.37. The van der Waals surface area contributed by atoms with Gasteiger partial charge >= 0.3 is 5.97 Å². The third-order valence-electron chi connectivity index (χ3n) is 2.85. The smallest absolute Gasteiger partial charge is 0.340 e. The van der Waals surface area contributed by atoms with Crippen molar-refractivity contribution in [2.75, 3.05) is 24.7 Å². The fourth-order valence-corrected chi connectivity index (χ4v) is 2.81. The number of hydrogen-bond donors (Lipinski definition) is 1. The van der Waals surface area contributed by atoms with Crippen LogP contribution in [0.5, 0.6) is 0 Å². The molecule has 1 aliphatic rings. The first kappa shape index (κ1) is 14.1. The third kappa shape index (κ3) is 3.84. The van der Waals surface area contributed by atoms with Crippen molar-refractivity contribution in [3.05, 3.63) is 17.8 Å². The van der Waals surface area contributed by atoms with Gasteiger partial charge in [-0.2, -0.15) is 0 Å². The fraction of sp³-hybridized carbons (Fsp3) is 0.538. The van der Waals surface area contributed by atoms with Crippen LogP contribution in [0.4, 0.5) is 5.69 Å². The molecule has 1 atom stereocenters.